The van der Waals surface area contributed by atoms with Crippen molar-refractivity contribution in [3.8, 4) is 0 Å². The van der Waals surface area contributed by atoms with Crippen molar-refractivity contribution in [3.63, 3.8) is 0 Å². The van der Waals surface area contributed by atoms with E-state index in [0.717, 1.165) is 0 Å². The summed E-state index contributed by atoms with van der Waals surface area (Å²) in [6.07, 6.45) is 1.73. The fourth-order valence-electron chi connectivity index (χ4n) is 0.449. The van der Waals surface area contributed by atoms with Crippen molar-refractivity contribution in [1.82, 2.24) is 6.64 Å². The number of amides is 1. The molecular formula is C4H7IN3O-. The minimum atomic E-state index is -0.376. The summed E-state index contributed by atoms with van der Waals surface area (Å²) in [5, 5.41) is 0. The van der Waals surface area contributed by atoms with E-state index in [4.69, 9.17) is 5.73 Å². The van der Waals surface area contributed by atoms with E-state index in [1.807, 2.05) is 10.2 Å². The molecule has 3 N–H and O–H groups in total. The predicted octanol–water partition coefficient (Wildman–Crippen LogP) is -4.23. The van der Waals surface area contributed by atoms with Crippen LogP contribution in [0.5, 0.6) is 0 Å². The van der Waals surface area contributed by atoms with Gasteiger partial charge in [0.2, 0.25) is 0 Å². The Morgan fingerprint density at radius 2 is 2.67 bits per heavy atom. The fraction of sp³-hybridized carbons (Fsp3) is 0.250. The van der Waals surface area contributed by atoms with Crippen LogP contribution in [0, 0.1) is 0 Å². The van der Waals surface area contributed by atoms with E-state index >= 15 is 0 Å². The molecule has 1 aliphatic heterocycles. The van der Waals surface area contributed by atoms with E-state index in [1.54, 1.807) is 6.20 Å². The average Bonchev–Trinajstić information content (AvgIpc) is 2.14. The number of carbonyl (C=O) groups is 1. The van der Waals surface area contributed by atoms with Crippen LogP contribution in [0.3, 0.4) is 0 Å². The van der Waals surface area contributed by atoms with Gasteiger partial charge in [-0.2, -0.15) is 0 Å². The van der Waals surface area contributed by atoms with Crippen molar-refractivity contribution < 1.29 is 26.5 Å². The van der Waals surface area contributed by atoms with Gasteiger partial charge in [0.05, 0.1) is 0 Å². The first kappa shape index (κ1) is 6.66. The van der Waals surface area contributed by atoms with Crippen molar-refractivity contribution in [2.24, 2.45) is 5.73 Å². The van der Waals surface area contributed by atoms with Crippen molar-refractivity contribution >= 4 is 5.91 Å². The first-order chi connectivity index (χ1) is 4.20. The molecular weight excluding hydrogens is 233 g/mol. The zero-order valence-electron chi connectivity index (χ0n) is 4.89. The molecule has 1 aliphatic rings. The van der Waals surface area contributed by atoms with Gasteiger partial charge < -0.3 is 0 Å². The number of primary amides is 1. The van der Waals surface area contributed by atoms with Gasteiger partial charge in [-0.25, -0.2) is 0 Å². The third kappa shape index (κ3) is 1.47. The third-order valence-electron chi connectivity index (χ3n) is 0.850. The number of carbonyl (C=O) groups excluding carboxylic acids is 1. The van der Waals surface area contributed by atoms with Gasteiger partial charge in [0, 0.05) is 0 Å². The topological polar surface area (TPSA) is 58.4 Å². The molecule has 1 amide bonds. The summed E-state index contributed by atoms with van der Waals surface area (Å²) in [6, 6.07) is 0. The Hall–Kier alpha value is -0.460. The Kier molecular flexibility index (Phi) is 1.79. The molecule has 0 aromatic rings. The summed E-state index contributed by atoms with van der Waals surface area (Å²) < 4.78 is 4.89. The number of hydrogen-bond donors (Lipinski definition) is 2. The molecule has 0 aromatic carbocycles. The van der Waals surface area contributed by atoms with Crippen LogP contribution in [-0.2, 0) is 4.79 Å². The molecule has 0 radical (unpaired) electrons. The van der Waals surface area contributed by atoms with Crippen molar-refractivity contribution in [2.45, 2.75) is 0 Å². The molecule has 5 heteroatoms. The monoisotopic (exact) mass is 240 g/mol. The second-order valence-electron chi connectivity index (χ2n) is 1.61. The van der Waals surface area contributed by atoms with E-state index in [-0.39, 0.29) is 27.7 Å². The predicted molar refractivity (Wildman–Crippen MR) is 28.2 cm³/mol. The molecule has 0 saturated carbocycles. The van der Waals surface area contributed by atoms with Gasteiger partial charge in [0.1, 0.15) is 0 Å². The van der Waals surface area contributed by atoms with Gasteiger partial charge in [0.15, 0.2) is 0 Å². The van der Waals surface area contributed by atoms with E-state index in [2.05, 4.69) is 3.53 Å². The molecule has 0 saturated heterocycles. The summed E-state index contributed by atoms with van der Waals surface area (Å²) in [6.45, 7) is 0. The van der Waals surface area contributed by atoms with Gasteiger partial charge in [-0.05, 0) is 0 Å². The summed E-state index contributed by atoms with van der Waals surface area (Å²) in [7, 11) is 1.91. The van der Waals surface area contributed by atoms with Crippen LogP contribution in [0.25, 0.3) is 0 Å². The Bertz CT molecular complexity index is 167. The number of nitrogens with one attached hydrogen (secondary N) is 1. The van der Waals surface area contributed by atoms with E-state index in [9.17, 15) is 4.79 Å². The van der Waals surface area contributed by atoms with Crippen LogP contribution >= 0.6 is 0 Å². The first-order valence-corrected chi connectivity index (χ1v) is 4.39. The van der Waals surface area contributed by atoms with E-state index < -0.39 is 0 Å². The molecule has 0 aliphatic carbocycles. The minimum absolute atomic E-state index is 0.204. The first-order valence-electron chi connectivity index (χ1n) is 2.34. The molecule has 0 spiro atoms. The molecule has 0 atom stereocenters. The zero-order chi connectivity index (χ0) is 6.85. The molecule has 0 fully saturated rings. The standard InChI is InChI=1S/C4H7IN3O/c1-8-2-3(4(6)9)7-5-8/h2,7H,1H3,(H2,6,9)/q-1. The van der Waals surface area contributed by atoms with Crippen molar-refractivity contribution in [3.05, 3.63) is 11.9 Å². The quantitative estimate of drug-likeness (QED) is 0.360. The maximum absolute atomic E-state index is 10.4. The number of nitrogens with zero attached hydrogens (tertiary/aromatic N) is 1. The molecule has 4 nitrogen and oxygen atoms in total. The van der Waals surface area contributed by atoms with Crippen LogP contribution < -0.4 is 31.0 Å². The van der Waals surface area contributed by atoms with Gasteiger partial charge in [-0.3, -0.25) is 0 Å². The second kappa shape index (κ2) is 2.42. The van der Waals surface area contributed by atoms with E-state index in [0.29, 0.717) is 5.70 Å². The summed E-state index contributed by atoms with van der Waals surface area (Å²) in [5.41, 5.74) is 5.51. The molecule has 0 aromatic heterocycles. The molecule has 9 heavy (non-hydrogen) atoms. The number of hydrogen-bond acceptors (Lipinski definition) is 3. The summed E-state index contributed by atoms with van der Waals surface area (Å²) in [5.74, 6) is -0.376. The van der Waals surface area contributed by atoms with Crippen molar-refractivity contribution in [1.29, 1.82) is 0 Å². The van der Waals surface area contributed by atoms with Crippen LogP contribution in [0.15, 0.2) is 11.9 Å². The second-order valence-corrected chi connectivity index (χ2v) is 4.15. The fourth-order valence-corrected chi connectivity index (χ4v) is 1.91. The Labute approximate surface area is 64.0 Å². The normalized spacial score (nSPS) is 17.9. The number of halogens is 1. The van der Waals surface area contributed by atoms with Gasteiger partial charge in [-0.15, -0.1) is 0 Å². The molecule has 52 valence electrons. The average molecular weight is 240 g/mol. The van der Waals surface area contributed by atoms with E-state index in [1.165, 1.54) is 0 Å². The maximum atomic E-state index is 10.4. The Morgan fingerprint density at radius 3 is 2.89 bits per heavy atom. The molecule has 1 heterocycles. The summed E-state index contributed by atoms with van der Waals surface area (Å²) in [4.78, 5) is 10.4. The molecule has 1 rings (SSSR count). The van der Waals surface area contributed by atoms with Crippen LogP contribution in [0.1, 0.15) is 0 Å². The van der Waals surface area contributed by atoms with Crippen molar-refractivity contribution in [2.75, 3.05) is 7.05 Å². The Morgan fingerprint density at radius 1 is 2.00 bits per heavy atom. The third-order valence-corrected chi connectivity index (χ3v) is 2.71. The zero-order valence-corrected chi connectivity index (χ0v) is 7.05. The SMILES string of the molecule is CN1C=C(C(N)=O)N[I-]1. The molecule has 0 unspecified atom stereocenters. The number of nitrogens with two attached hydrogens (primary N) is 1. The Balaban J connectivity index is 2.62. The number of rotatable bonds is 1. The van der Waals surface area contributed by atoms with Crippen LogP contribution in [0.4, 0.5) is 0 Å². The van der Waals surface area contributed by atoms with Gasteiger partial charge in [0.25, 0.3) is 0 Å². The van der Waals surface area contributed by atoms with Gasteiger partial charge >= 0.3 is 63.8 Å². The van der Waals surface area contributed by atoms with Crippen LogP contribution in [-0.4, -0.2) is 16.1 Å². The van der Waals surface area contributed by atoms with Crippen LogP contribution in [0.2, 0.25) is 0 Å². The molecule has 0 bridgehead atoms. The summed E-state index contributed by atoms with van der Waals surface area (Å²) >= 11 is -0.204. The van der Waals surface area contributed by atoms with Gasteiger partial charge in [-0.1, -0.05) is 0 Å².